The summed E-state index contributed by atoms with van der Waals surface area (Å²) in [6, 6.07) is 9.62. The number of benzene rings is 1. The van der Waals surface area contributed by atoms with E-state index in [0.29, 0.717) is 49.3 Å². The second-order valence-corrected chi connectivity index (χ2v) is 10.1. The highest BCUT2D eigenvalue weighted by molar-refractivity contribution is 7.99. The van der Waals surface area contributed by atoms with Crippen molar-refractivity contribution in [1.82, 2.24) is 0 Å². The zero-order valence-corrected chi connectivity index (χ0v) is 20.4. The van der Waals surface area contributed by atoms with E-state index in [9.17, 15) is 31.2 Å². The first kappa shape index (κ1) is 28.8. The molecule has 33 heavy (non-hydrogen) atoms. The monoisotopic (exact) mass is 476 g/mol. The third-order valence-electron chi connectivity index (χ3n) is 5.81. The first-order valence-electron chi connectivity index (χ1n) is 11.3. The lowest BCUT2D eigenvalue weighted by molar-refractivity contribution is -0.137. The summed E-state index contributed by atoms with van der Waals surface area (Å²) in [7, 11) is 0. The average Bonchev–Trinajstić information content (AvgIpc) is 2.81. The van der Waals surface area contributed by atoms with Gasteiger partial charge in [0.15, 0.2) is 0 Å². The standard InChI is InChI=1S/C24H36N4O4S/c1-24(2,17-29)22(30)11-7-6-10-20(27-25)21(28-26)13-15-33-14-12-19(16-23(31)32)18-8-4-3-5-9-18/h3-5,8-9,19,22,29-30H,6-7,10-17H2,1-2H3,(H,31,32). The molecule has 0 aliphatic carbocycles. The Kier molecular flexibility index (Phi) is 13.5. The maximum Gasteiger partial charge on any atom is 0.375 e. The van der Waals surface area contributed by atoms with Crippen LogP contribution < -0.4 is 0 Å². The average molecular weight is 477 g/mol. The molecular formula is C24H36N4O4S. The van der Waals surface area contributed by atoms with Crippen LogP contribution in [-0.4, -0.2) is 66.5 Å². The van der Waals surface area contributed by atoms with Crippen LogP contribution in [0.5, 0.6) is 0 Å². The van der Waals surface area contributed by atoms with Gasteiger partial charge in [-0.15, -0.1) is 0 Å². The first-order chi connectivity index (χ1) is 15.7. The van der Waals surface area contributed by atoms with Gasteiger partial charge in [-0.1, -0.05) is 50.6 Å². The van der Waals surface area contributed by atoms with Gasteiger partial charge in [-0.05, 0) is 36.5 Å². The number of aliphatic hydroxyl groups is 2. The topological polar surface area (TPSA) is 151 Å². The van der Waals surface area contributed by atoms with E-state index in [-0.39, 0.29) is 18.9 Å². The Balaban J connectivity index is 2.43. The zero-order valence-electron chi connectivity index (χ0n) is 19.6. The number of unbranched alkanes of at least 4 members (excludes halogenated alkanes) is 1. The summed E-state index contributed by atoms with van der Waals surface area (Å²) in [5.74, 6) is 0.536. The van der Waals surface area contributed by atoms with Gasteiger partial charge in [0.2, 0.25) is 0 Å². The second-order valence-electron chi connectivity index (χ2n) is 8.86. The largest absolute Gasteiger partial charge is 0.481 e. The van der Waals surface area contributed by atoms with E-state index in [1.807, 2.05) is 30.3 Å². The lowest BCUT2D eigenvalue weighted by Gasteiger charge is -2.28. The maximum atomic E-state index is 11.2. The number of carboxylic acid groups (broad SMARTS) is 1. The number of aliphatic hydroxyl groups excluding tert-OH is 2. The van der Waals surface area contributed by atoms with Gasteiger partial charge in [-0.2, -0.15) is 21.3 Å². The summed E-state index contributed by atoms with van der Waals surface area (Å²) in [6.07, 6.45) is 2.88. The molecule has 1 aromatic rings. The summed E-state index contributed by atoms with van der Waals surface area (Å²) in [5, 5.41) is 28.7. The van der Waals surface area contributed by atoms with E-state index in [2.05, 4.69) is 9.58 Å². The molecule has 0 aliphatic rings. The van der Waals surface area contributed by atoms with Crippen LogP contribution in [0.15, 0.2) is 30.3 Å². The number of nitrogens with zero attached hydrogens (tertiary/aromatic N) is 4. The van der Waals surface area contributed by atoms with Crippen LogP contribution in [0.1, 0.15) is 70.3 Å². The van der Waals surface area contributed by atoms with E-state index in [1.165, 1.54) is 0 Å². The predicted octanol–water partition coefficient (Wildman–Crippen LogP) is 4.04. The van der Waals surface area contributed by atoms with Crippen LogP contribution >= 0.6 is 11.8 Å². The molecule has 3 N–H and O–H groups in total. The molecule has 0 fully saturated rings. The molecule has 9 heteroatoms. The van der Waals surface area contributed by atoms with Crippen LogP contribution in [0.2, 0.25) is 0 Å². The van der Waals surface area contributed by atoms with E-state index in [4.69, 9.17) is 0 Å². The fraction of sp³-hybridized carbons (Fsp3) is 0.625. The van der Waals surface area contributed by atoms with Crippen LogP contribution in [-0.2, 0) is 4.79 Å². The number of rotatable bonds is 17. The van der Waals surface area contributed by atoms with Crippen molar-refractivity contribution in [2.45, 2.75) is 70.8 Å². The summed E-state index contributed by atoms with van der Waals surface area (Å²) in [5.41, 5.74) is 19.8. The van der Waals surface area contributed by atoms with Gasteiger partial charge in [-0.3, -0.25) is 4.79 Å². The number of carbonyl (C=O) groups is 1. The highest BCUT2D eigenvalue weighted by Gasteiger charge is 2.28. The SMILES string of the molecule is CC(C)(CO)C(O)CCCCC(=[N+]=[N-])C(CCSCCC(CC(=O)O)c1ccccc1)=[N+]=[N-]. The second kappa shape index (κ2) is 15.5. The normalized spacial score (nSPS) is 13.0. The van der Waals surface area contributed by atoms with E-state index >= 15 is 0 Å². The lowest BCUT2D eigenvalue weighted by Crippen LogP contribution is -2.32. The molecule has 0 bridgehead atoms. The van der Waals surface area contributed by atoms with Crippen LogP contribution in [0.25, 0.3) is 11.1 Å². The Labute approximate surface area is 200 Å². The lowest BCUT2D eigenvalue weighted by atomic mass is 9.84. The molecule has 0 saturated carbocycles. The van der Waals surface area contributed by atoms with Crippen molar-refractivity contribution in [3.63, 3.8) is 0 Å². The number of aliphatic carboxylic acids is 1. The van der Waals surface area contributed by atoms with E-state index in [0.717, 1.165) is 17.7 Å². The molecule has 0 aliphatic heterocycles. The summed E-state index contributed by atoms with van der Waals surface area (Å²) in [6.45, 7) is 3.51. The minimum absolute atomic E-state index is 0.0529. The zero-order chi connectivity index (χ0) is 24.7. The molecule has 0 heterocycles. The van der Waals surface area contributed by atoms with E-state index in [1.54, 1.807) is 25.6 Å². The maximum absolute atomic E-state index is 11.2. The Morgan fingerprint density at radius 1 is 1.03 bits per heavy atom. The van der Waals surface area contributed by atoms with Gasteiger partial charge < -0.3 is 26.4 Å². The molecule has 2 atom stereocenters. The molecular weight excluding hydrogens is 440 g/mol. The molecule has 2 unspecified atom stereocenters. The smallest absolute Gasteiger partial charge is 0.375 e. The van der Waals surface area contributed by atoms with Crippen molar-refractivity contribution in [1.29, 1.82) is 0 Å². The van der Waals surface area contributed by atoms with Crippen LogP contribution in [0.4, 0.5) is 0 Å². The molecule has 1 rings (SSSR count). The Morgan fingerprint density at radius 3 is 2.24 bits per heavy atom. The molecule has 8 nitrogen and oxygen atoms in total. The minimum atomic E-state index is -0.820. The third-order valence-corrected chi connectivity index (χ3v) is 6.83. The summed E-state index contributed by atoms with van der Waals surface area (Å²) >= 11 is 1.63. The fourth-order valence-electron chi connectivity index (χ4n) is 3.45. The molecule has 0 spiro atoms. The summed E-state index contributed by atoms with van der Waals surface area (Å²) < 4.78 is 0. The van der Waals surface area contributed by atoms with Gasteiger partial charge in [0, 0.05) is 11.2 Å². The van der Waals surface area contributed by atoms with Crippen molar-refractivity contribution in [2.24, 2.45) is 5.41 Å². The van der Waals surface area contributed by atoms with Gasteiger partial charge in [-0.25, -0.2) is 0 Å². The molecule has 182 valence electrons. The first-order valence-corrected chi connectivity index (χ1v) is 12.5. The van der Waals surface area contributed by atoms with Crippen LogP contribution in [0.3, 0.4) is 0 Å². The summed E-state index contributed by atoms with van der Waals surface area (Å²) in [4.78, 5) is 17.8. The number of carboxylic acids is 1. The number of thioether (sulfide) groups is 1. The molecule has 0 amide bonds. The van der Waals surface area contributed by atoms with Crippen LogP contribution in [0, 0.1) is 5.41 Å². The fourth-order valence-corrected chi connectivity index (χ4v) is 4.44. The van der Waals surface area contributed by atoms with E-state index < -0.39 is 17.5 Å². The quantitative estimate of drug-likeness (QED) is 0.134. The van der Waals surface area contributed by atoms with Gasteiger partial charge in [0.1, 0.15) is 0 Å². The highest BCUT2D eigenvalue weighted by atomic mass is 32.2. The Hall–Kier alpha value is -2.28. The van der Waals surface area contributed by atoms with Crippen molar-refractivity contribution < 1.29 is 29.7 Å². The van der Waals surface area contributed by atoms with Gasteiger partial charge in [0.05, 0.1) is 32.0 Å². The Morgan fingerprint density at radius 2 is 1.67 bits per heavy atom. The highest BCUT2D eigenvalue weighted by Crippen LogP contribution is 2.26. The van der Waals surface area contributed by atoms with Gasteiger partial charge >= 0.3 is 17.4 Å². The number of hydrogen-bond donors (Lipinski definition) is 3. The van der Waals surface area contributed by atoms with Crippen molar-refractivity contribution in [3.05, 3.63) is 47.0 Å². The number of hydrogen-bond acceptors (Lipinski definition) is 4. The molecule has 1 aromatic carbocycles. The molecule has 0 saturated heterocycles. The third kappa shape index (κ3) is 10.9. The molecule has 0 aromatic heterocycles. The van der Waals surface area contributed by atoms with Crippen molar-refractivity contribution >= 4 is 29.2 Å². The Bertz CT molecular complexity index is 834. The van der Waals surface area contributed by atoms with Crippen molar-refractivity contribution in [3.8, 4) is 0 Å². The predicted molar refractivity (Wildman–Crippen MR) is 131 cm³/mol. The molecule has 0 radical (unpaired) electrons. The van der Waals surface area contributed by atoms with Crippen molar-refractivity contribution in [2.75, 3.05) is 18.1 Å². The van der Waals surface area contributed by atoms with Gasteiger partial charge in [0.25, 0.3) is 0 Å². The minimum Gasteiger partial charge on any atom is -0.481 e.